The van der Waals surface area contributed by atoms with Gasteiger partial charge in [0.15, 0.2) is 0 Å². The van der Waals surface area contributed by atoms with E-state index >= 15 is 0 Å². The predicted octanol–water partition coefficient (Wildman–Crippen LogP) is 4.10. The fraction of sp³-hybridized carbons (Fsp3) is 0.484. The van der Waals surface area contributed by atoms with Crippen molar-refractivity contribution >= 4 is 33.7 Å². The molecule has 3 saturated carbocycles. The topological polar surface area (TPSA) is 118 Å². The standard InChI is InChI=1S/C31H38BNO7S/c1-30(2)24-15-27(30)31(3,34)28(16-24)40-32(35)29(14-23-18-39-26-10-5-4-9-25(23)26)33-41(36,37)19-20-7-6-8-21(13-20)22-11-12-38-17-22/h4-11,13,18,24,27-29,33-35H,12,14-17,19H2,1-3H3/t24-,27-,28+,29-,31-/m0/s1. The van der Waals surface area contributed by atoms with E-state index in [1.807, 2.05) is 48.5 Å². The number of aliphatic hydroxyl groups is 1. The molecule has 2 heterocycles. The highest BCUT2D eigenvalue weighted by Crippen LogP contribution is 2.63. The summed E-state index contributed by atoms with van der Waals surface area (Å²) in [5.74, 6) is -0.835. The summed E-state index contributed by atoms with van der Waals surface area (Å²) < 4.78 is 47.0. The first-order valence-corrected chi connectivity index (χ1v) is 16.0. The van der Waals surface area contributed by atoms with Crippen molar-refractivity contribution in [1.82, 2.24) is 4.72 Å². The minimum absolute atomic E-state index is 0.000215. The third kappa shape index (κ3) is 5.54. The zero-order valence-corrected chi connectivity index (χ0v) is 24.6. The largest absolute Gasteiger partial charge is 0.474 e. The first-order valence-electron chi connectivity index (χ1n) is 14.3. The Hall–Kier alpha value is -2.47. The van der Waals surface area contributed by atoms with Crippen LogP contribution in [0.3, 0.4) is 0 Å². The summed E-state index contributed by atoms with van der Waals surface area (Å²) in [7, 11) is -5.38. The van der Waals surface area contributed by atoms with Gasteiger partial charge < -0.3 is 23.9 Å². The molecule has 1 aromatic heterocycles. The van der Waals surface area contributed by atoms with Gasteiger partial charge in [0.1, 0.15) is 5.58 Å². The van der Waals surface area contributed by atoms with E-state index in [-0.39, 0.29) is 23.5 Å². The lowest BCUT2D eigenvalue weighted by Crippen LogP contribution is -2.68. The molecule has 3 N–H and O–H groups in total. The molecule has 8 nitrogen and oxygen atoms in total. The van der Waals surface area contributed by atoms with Crippen molar-refractivity contribution in [2.45, 2.75) is 63.4 Å². The second-order valence-electron chi connectivity index (χ2n) is 12.7. The average Bonchev–Trinajstić information content (AvgIpc) is 3.59. The van der Waals surface area contributed by atoms with Gasteiger partial charge >= 0.3 is 7.12 Å². The van der Waals surface area contributed by atoms with Crippen molar-refractivity contribution in [2.24, 2.45) is 17.3 Å². The van der Waals surface area contributed by atoms with E-state index in [4.69, 9.17) is 13.8 Å². The van der Waals surface area contributed by atoms with E-state index in [1.165, 1.54) is 0 Å². The molecule has 0 saturated heterocycles. The quantitative estimate of drug-likeness (QED) is 0.310. The van der Waals surface area contributed by atoms with Crippen LogP contribution in [0.4, 0.5) is 0 Å². The van der Waals surface area contributed by atoms with Crippen molar-refractivity contribution in [2.75, 3.05) is 13.2 Å². The summed E-state index contributed by atoms with van der Waals surface area (Å²) in [6.45, 7) is 7.15. The Kier molecular flexibility index (Phi) is 7.45. The molecule has 2 bridgehead atoms. The van der Waals surface area contributed by atoms with E-state index in [0.717, 1.165) is 28.5 Å². The molecule has 2 aromatic carbocycles. The molecule has 0 radical (unpaired) electrons. The molecule has 7 rings (SSSR count). The van der Waals surface area contributed by atoms with Gasteiger partial charge in [0, 0.05) is 5.39 Å². The van der Waals surface area contributed by atoms with Crippen LogP contribution in [0.2, 0.25) is 0 Å². The third-order valence-corrected chi connectivity index (χ3v) is 11.0. The van der Waals surface area contributed by atoms with Gasteiger partial charge in [0.05, 0.1) is 42.9 Å². The van der Waals surface area contributed by atoms with Gasteiger partial charge in [0.25, 0.3) is 0 Å². The van der Waals surface area contributed by atoms with Crippen LogP contribution in [0.1, 0.15) is 50.3 Å². The summed E-state index contributed by atoms with van der Waals surface area (Å²) in [6.07, 6.45) is 4.66. The van der Waals surface area contributed by atoms with Crippen molar-refractivity contribution < 1.29 is 32.4 Å². The fourth-order valence-electron chi connectivity index (χ4n) is 7.16. The van der Waals surface area contributed by atoms with E-state index in [1.54, 1.807) is 19.3 Å². The molecule has 218 valence electrons. The number of benzene rings is 2. The number of fused-ring (bicyclic) bond motifs is 3. The van der Waals surface area contributed by atoms with E-state index in [0.29, 0.717) is 36.7 Å². The molecule has 41 heavy (non-hydrogen) atoms. The molecule has 3 aromatic rings. The van der Waals surface area contributed by atoms with Crippen molar-refractivity contribution in [3.05, 3.63) is 77.6 Å². The lowest BCUT2D eigenvalue weighted by atomic mass is 9.43. The number of para-hydroxylation sites is 1. The predicted molar refractivity (Wildman–Crippen MR) is 158 cm³/mol. The normalized spacial score (nSPS) is 27.8. The molecule has 4 aliphatic rings. The van der Waals surface area contributed by atoms with Gasteiger partial charge in [0.2, 0.25) is 10.0 Å². The maximum atomic E-state index is 13.5. The molecule has 5 atom stereocenters. The molecular formula is C31H38BNO7S. The van der Waals surface area contributed by atoms with Gasteiger partial charge in [-0.3, -0.25) is 0 Å². The van der Waals surface area contributed by atoms with Gasteiger partial charge in [-0.2, -0.15) is 0 Å². The fourth-order valence-corrected chi connectivity index (χ4v) is 8.52. The molecule has 1 aliphatic heterocycles. The van der Waals surface area contributed by atoms with Crippen LogP contribution in [0.5, 0.6) is 0 Å². The maximum Gasteiger partial charge on any atom is 0.474 e. The molecule has 10 heteroatoms. The molecule has 0 spiro atoms. The lowest BCUT2D eigenvalue weighted by molar-refractivity contribution is -0.241. The highest BCUT2D eigenvalue weighted by atomic mass is 32.2. The first-order chi connectivity index (χ1) is 19.4. The van der Waals surface area contributed by atoms with Crippen LogP contribution in [0, 0.1) is 17.3 Å². The van der Waals surface area contributed by atoms with Crippen LogP contribution in [-0.2, 0) is 31.6 Å². The van der Waals surface area contributed by atoms with Gasteiger partial charge in [-0.25, -0.2) is 13.1 Å². The van der Waals surface area contributed by atoms with Crippen LogP contribution >= 0.6 is 0 Å². The Bertz CT molecular complexity index is 1560. The van der Waals surface area contributed by atoms with Crippen molar-refractivity contribution in [3.8, 4) is 0 Å². The summed E-state index contributed by atoms with van der Waals surface area (Å²) in [5, 5.41) is 23.7. The number of nitrogens with one attached hydrogen (secondary N) is 1. The Balaban J connectivity index is 1.23. The van der Waals surface area contributed by atoms with Gasteiger partial charge in [-0.15, -0.1) is 0 Å². The van der Waals surface area contributed by atoms with Crippen LogP contribution in [-0.4, -0.2) is 56.5 Å². The number of sulfonamides is 1. The second kappa shape index (κ2) is 10.7. The van der Waals surface area contributed by atoms with Gasteiger partial charge in [-0.05, 0) is 71.8 Å². The van der Waals surface area contributed by atoms with Crippen molar-refractivity contribution in [3.63, 3.8) is 0 Å². The molecular weight excluding hydrogens is 541 g/mol. The third-order valence-electron chi connectivity index (χ3n) is 9.67. The van der Waals surface area contributed by atoms with Crippen LogP contribution in [0.15, 0.2) is 65.3 Å². The Morgan fingerprint density at radius 3 is 2.68 bits per heavy atom. The highest BCUT2D eigenvalue weighted by molar-refractivity contribution is 7.88. The maximum absolute atomic E-state index is 13.5. The number of hydrogen-bond donors (Lipinski definition) is 3. The number of ether oxygens (including phenoxy) is 1. The second-order valence-corrected chi connectivity index (χ2v) is 14.4. The van der Waals surface area contributed by atoms with E-state index < -0.39 is 34.8 Å². The molecule has 0 amide bonds. The summed E-state index contributed by atoms with van der Waals surface area (Å²) in [5.41, 5.74) is 2.89. The minimum atomic E-state index is -3.90. The van der Waals surface area contributed by atoms with Crippen molar-refractivity contribution in [1.29, 1.82) is 0 Å². The SMILES string of the molecule is CC1(C)[C@@H]2C[C@@H](OB(O)[C@H](Cc3coc4ccccc34)NS(=O)(=O)Cc3cccc(C4=CCOC4)c3)[C@@](C)(O)[C@H]1C2. The van der Waals surface area contributed by atoms with E-state index in [2.05, 4.69) is 18.6 Å². The molecule has 3 aliphatic carbocycles. The first kappa shape index (κ1) is 28.6. The van der Waals surface area contributed by atoms with Crippen LogP contribution in [0.25, 0.3) is 16.5 Å². The monoisotopic (exact) mass is 579 g/mol. The summed E-state index contributed by atoms with van der Waals surface area (Å²) in [4.78, 5) is 0. The smallest absolute Gasteiger partial charge is 0.464 e. The zero-order chi connectivity index (χ0) is 29.0. The Labute approximate surface area is 241 Å². The molecule has 0 unspecified atom stereocenters. The molecule has 3 fully saturated rings. The van der Waals surface area contributed by atoms with E-state index in [9.17, 15) is 18.5 Å². The van der Waals surface area contributed by atoms with Crippen LogP contribution < -0.4 is 4.72 Å². The lowest BCUT2D eigenvalue weighted by Gasteiger charge is -2.65. The minimum Gasteiger partial charge on any atom is -0.464 e. The summed E-state index contributed by atoms with van der Waals surface area (Å²) in [6, 6.07) is 14.9. The Morgan fingerprint density at radius 2 is 1.95 bits per heavy atom. The van der Waals surface area contributed by atoms with Gasteiger partial charge in [-0.1, -0.05) is 62.4 Å². The average molecular weight is 580 g/mol. The summed E-state index contributed by atoms with van der Waals surface area (Å²) >= 11 is 0. The highest BCUT2D eigenvalue weighted by Gasteiger charge is 2.63. The Morgan fingerprint density at radius 1 is 1.15 bits per heavy atom. The number of hydrogen-bond acceptors (Lipinski definition) is 7. The number of rotatable bonds is 10. The number of furan rings is 1. The zero-order valence-electron chi connectivity index (χ0n) is 23.7.